The van der Waals surface area contributed by atoms with Crippen LogP contribution in [0.2, 0.25) is 0 Å². The molecule has 172 valence electrons. The fourth-order valence-electron chi connectivity index (χ4n) is 4.15. The Bertz CT molecular complexity index is 1100. The topological polar surface area (TPSA) is 96.1 Å². The van der Waals surface area contributed by atoms with Gasteiger partial charge in [-0.1, -0.05) is 13.8 Å². The molecule has 1 aliphatic rings. The van der Waals surface area contributed by atoms with Crippen molar-refractivity contribution in [2.24, 2.45) is 5.92 Å². The Hall–Kier alpha value is -2.72. The molecule has 1 aliphatic carbocycles. The molecule has 32 heavy (non-hydrogen) atoms. The molecule has 2 heterocycles. The van der Waals surface area contributed by atoms with Crippen LogP contribution in [0.1, 0.15) is 51.4 Å². The second kappa shape index (κ2) is 8.67. The van der Waals surface area contributed by atoms with E-state index in [4.69, 9.17) is 0 Å². The average molecular weight is 449 g/mol. The van der Waals surface area contributed by atoms with Crippen LogP contribution in [0.3, 0.4) is 0 Å². The molecule has 0 saturated heterocycles. The number of fused-ring (bicyclic) bond motifs is 1. The van der Waals surface area contributed by atoms with Crippen LogP contribution < -0.4 is 5.32 Å². The average Bonchev–Trinajstić information content (AvgIpc) is 3.08. The maximum atomic E-state index is 14.3. The van der Waals surface area contributed by atoms with Gasteiger partial charge in [0.25, 0.3) is 0 Å². The summed E-state index contributed by atoms with van der Waals surface area (Å²) in [6.45, 7) is 3.77. The van der Waals surface area contributed by atoms with Crippen LogP contribution in [-0.2, 0) is 6.42 Å². The molecule has 3 aromatic rings. The lowest BCUT2D eigenvalue weighted by atomic mass is 9.82. The second-order valence-corrected chi connectivity index (χ2v) is 8.88. The molecule has 1 aromatic carbocycles. The zero-order valence-corrected chi connectivity index (χ0v) is 17.9. The van der Waals surface area contributed by atoms with Crippen LogP contribution in [0.15, 0.2) is 18.3 Å². The first-order chi connectivity index (χ1) is 15.2. The smallest absolute Gasteiger partial charge is 0.210 e. The predicted octanol–water partition coefficient (Wildman–Crippen LogP) is 4.02. The molecule has 2 aromatic heterocycles. The Morgan fingerprint density at radius 3 is 2.41 bits per heavy atom. The van der Waals surface area contributed by atoms with Crippen LogP contribution >= 0.6 is 0 Å². The molecule has 0 bridgehead atoms. The highest BCUT2D eigenvalue weighted by molar-refractivity contribution is 5.75. The molecule has 0 radical (unpaired) electrons. The molecule has 0 spiro atoms. The highest BCUT2D eigenvalue weighted by Crippen LogP contribution is 2.39. The molecule has 0 amide bonds. The fourth-order valence-corrected chi connectivity index (χ4v) is 4.15. The largest absolute Gasteiger partial charge is 0.393 e. The van der Waals surface area contributed by atoms with Crippen molar-refractivity contribution in [1.29, 1.82) is 0 Å². The molecule has 1 saturated carbocycles. The van der Waals surface area contributed by atoms with Gasteiger partial charge in [-0.3, -0.25) is 4.57 Å². The first-order valence-electron chi connectivity index (χ1n) is 10.7. The number of rotatable bonds is 6. The predicted molar refractivity (Wildman–Crippen MR) is 113 cm³/mol. The lowest BCUT2D eigenvalue weighted by molar-refractivity contribution is -0.0498. The molecule has 0 aliphatic heterocycles. The number of anilines is 2. The van der Waals surface area contributed by atoms with Gasteiger partial charge in [-0.25, -0.2) is 28.1 Å². The van der Waals surface area contributed by atoms with Gasteiger partial charge in [-0.2, -0.15) is 0 Å². The van der Waals surface area contributed by atoms with Crippen LogP contribution in [0, 0.1) is 23.4 Å². The van der Waals surface area contributed by atoms with Gasteiger partial charge in [0.1, 0.15) is 22.8 Å². The number of hydrogen-bond acceptors (Lipinski definition) is 6. The first kappa shape index (κ1) is 22.5. The summed E-state index contributed by atoms with van der Waals surface area (Å²) in [5, 5.41) is 22.6. The van der Waals surface area contributed by atoms with Gasteiger partial charge >= 0.3 is 0 Å². The number of nitrogens with zero attached hydrogens (tertiary/aromatic N) is 4. The van der Waals surface area contributed by atoms with Crippen molar-refractivity contribution in [3.05, 3.63) is 41.6 Å². The monoisotopic (exact) mass is 449 g/mol. The summed E-state index contributed by atoms with van der Waals surface area (Å²) in [5.41, 5.74) is -0.694. The number of imidazole rings is 1. The number of aliphatic hydroxyl groups is 2. The Kier molecular flexibility index (Phi) is 6.09. The lowest BCUT2D eigenvalue weighted by Gasteiger charge is -2.35. The molecule has 3 N–H and O–H groups in total. The summed E-state index contributed by atoms with van der Waals surface area (Å²) in [4.78, 5) is 13.5. The molecule has 0 atom stereocenters. The molecule has 10 heteroatoms. The Morgan fingerprint density at radius 2 is 1.81 bits per heavy atom. The third kappa shape index (κ3) is 4.42. The number of aliphatic hydroxyl groups excluding tert-OH is 1. The Labute approximate surface area is 183 Å². The summed E-state index contributed by atoms with van der Waals surface area (Å²) in [7, 11) is 0. The molecular weight excluding hydrogens is 423 g/mol. The van der Waals surface area contributed by atoms with E-state index in [-0.39, 0.29) is 18.6 Å². The lowest BCUT2D eigenvalue weighted by Crippen LogP contribution is -2.38. The van der Waals surface area contributed by atoms with Gasteiger partial charge in [-0.15, -0.1) is 0 Å². The minimum absolute atomic E-state index is 0.153. The van der Waals surface area contributed by atoms with Crippen molar-refractivity contribution in [3.63, 3.8) is 0 Å². The van der Waals surface area contributed by atoms with E-state index in [1.807, 2.05) is 0 Å². The van der Waals surface area contributed by atoms with Crippen LogP contribution in [0.4, 0.5) is 24.8 Å². The van der Waals surface area contributed by atoms with Crippen molar-refractivity contribution in [2.75, 3.05) is 11.9 Å². The van der Waals surface area contributed by atoms with E-state index in [1.165, 1.54) is 0 Å². The SMILES string of the molecule is CC(C)Cc1ncc2nc(Nc3c(F)cc(F)cc3F)n(C3CCC(O)(CO)CC3)c2n1. The van der Waals surface area contributed by atoms with Gasteiger partial charge in [0, 0.05) is 24.6 Å². The van der Waals surface area contributed by atoms with E-state index in [1.54, 1.807) is 10.8 Å². The fraction of sp³-hybridized carbons (Fsp3) is 0.500. The molecule has 1 fully saturated rings. The number of nitrogens with one attached hydrogen (secondary N) is 1. The summed E-state index contributed by atoms with van der Waals surface area (Å²) in [6, 6.07) is 1.02. The number of aromatic nitrogens is 4. The summed E-state index contributed by atoms with van der Waals surface area (Å²) >= 11 is 0. The van der Waals surface area contributed by atoms with Gasteiger partial charge in [0.15, 0.2) is 17.3 Å². The summed E-state index contributed by atoms with van der Waals surface area (Å²) in [6.07, 6.45) is 3.96. The minimum Gasteiger partial charge on any atom is -0.393 e. The zero-order chi connectivity index (χ0) is 23.0. The maximum absolute atomic E-state index is 14.3. The van der Waals surface area contributed by atoms with E-state index in [0.717, 1.165) is 0 Å². The van der Waals surface area contributed by atoms with E-state index in [9.17, 15) is 23.4 Å². The van der Waals surface area contributed by atoms with Crippen molar-refractivity contribution >= 4 is 22.8 Å². The number of benzene rings is 1. The highest BCUT2D eigenvalue weighted by atomic mass is 19.1. The number of halogens is 3. The van der Waals surface area contributed by atoms with Crippen LogP contribution in [0.5, 0.6) is 0 Å². The first-order valence-corrected chi connectivity index (χ1v) is 10.7. The van der Waals surface area contributed by atoms with Gasteiger partial charge in [-0.05, 0) is 31.6 Å². The standard InChI is InChI=1S/C22H26F3N5O2/c1-12(2)7-18-26-10-17-20(28-18)30(14-3-5-22(32,11-31)6-4-14)21(27-17)29-19-15(24)8-13(23)9-16(19)25/h8-10,12,14,31-32H,3-7,11H2,1-2H3,(H,27,29). The van der Waals surface area contributed by atoms with Crippen molar-refractivity contribution in [2.45, 2.75) is 57.6 Å². The number of hydrogen-bond donors (Lipinski definition) is 3. The zero-order valence-electron chi connectivity index (χ0n) is 17.9. The van der Waals surface area contributed by atoms with E-state index in [0.29, 0.717) is 67.1 Å². The van der Waals surface area contributed by atoms with Gasteiger partial charge in [0.2, 0.25) is 5.95 Å². The van der Waals surface area contributed by atoms with E-state index < -0.39 is 28.7 Å². The quantitative estimate of drug-likeness (QED) is 0.526. The molecule has 4 rings (SSSR count). The summed E-state index contributed by atoms with van der Waals surface area (Å²) < 4.78 is 43.7. The highest BCUT2D eigenvalue weighted by Gasteiger charge is 2.35. The van der Waals surface area contributed by atoms with Gasteiger partial charge in [0.05, 0.1) is 18.4 Å². The minimum atomic E-state index is -1.15. The van der Waals surface area contributed by atoms with E-state index >= 15 is 0 Å². The Balaban J connectivity index is 1.79. The second-order valence-electron chi connectivity index (χ2n) is 8.88. The van der Waals surface area contributed by atoms with Crippen LogP contribution in [0.25, 0.3) is 11.2 Å². The third-order valence-electron chi connectivity index (χ3n) is 5.86. The van der Waals surface area contributed by atoms with Gasteiger partial charge < -0.3 is 15.5 Å². The third-order valence-corrected chi connectivity index (χ3v) is 5.86. The van der Waals surface area contributed by atoms with Crippen molar-refractivity contribution in [3.8, 4) is 0 Å². The van der Waals surface area contributed by atoms with Crippen LogP contribution in [-0.4, -0.2) is 41.9 Å². The maximum Gasteiger partial charge on any atom is 0.210 e. The molecule has 0 unspecified atom stereocenters. The molecule has 7 nitrogen and oxygen atoms in total. The van der Waals surface area contributed by atoms with Crippen molar-refractivity contribution in [1.82, 2.24) is 19.5 Å². The normalized spacial score (nSPS) is 21.4. The summed E-state index contributed by atoms with van der Waals surface area (Å²) in [5.74, 6) is -2.06. The van der Waals surface area contributed by atoms with E-state index in [2.05, 4.69) is 34.1 Å². The Morgan fingerprint density at radius 1 is 1.16 bits per heavy atom. The molecular formula is C22H26F3N5O2. The van der Waals surface area contributed by atoms with Crippen molar-refractivity contribution < 1.29 is 23.4 Å².